The first-order valence-electron chi connectivity index (χ1n) is 23.7. The maximum atomic E-state index is 15.4. The molecule has 6 aromatic carbocycles. The topological polar surface area (TPSA) is 103 Å². The van der Waals surface area contributed by atoms with Crippen LogP contribution in [0.1, 0.15) is 132 Å². The van der Waals surface area contributed by atoms with E-state index in [0.717, 1.165) is 95.9 Å². The van der Waals surface area contributed by atoms with Gasteiger partial charge in [-0.05, 0) is 85.9 Å². The van der Waals surface area contributed by atoms with Gasteiger partial charge in [0.25, 0.3) is 5.91 Å². The lowest BCUT2D eigenvalue weighted by Gasteiger charge is -2.31. The lowest BCUT2D eigenvalue weighted by Crippen LogP contribution is -2.37. The average molecular weight is 885 g/mol. The van der Waals surface area contributed by atoms with E-state index >= 15 is 4.79 Å². The highest BCUT2D eigenvalue weighted by Crippen LogP contribution is 2.40. The van der Waals surface area contributed by atoms with Crippen LogP contribution in [0, 0.1) is 17.2 Å². The molecule has 0 aliphatic rings. The highest BCUT2D eigenvalue weighted by atomic mass is 16.7. The Morgan fingerprint density at radius 1 is 0.591 bits per heavy atom. The largest absolute Gasteiger partial charge is 0.338 e. The van der Waals surface area contributed by atoms with Crippen LogP contribution in [0.2, 0.25) is 0 Å². The molecule has 8 nitrogen and oxygen atoms in total. The third kappa shape index (κ3) is 14.2. The Balaban J connectivity index is 0.00000196. The smallest absolute Gasteiger partial charge is 0.332 e. The van der Waals surface area contributed by atoms with Crippen molar-refractivity contribution >= 4 is 56.9 Å². The van der Waals surface area contributed by atoms with E-state index < -0.39 is 5.97 Å². The van der Waals surface area contributed by atoms with E-state index in [1.165, 1.54) is 20.8 Å². The van der Waals surface area contributed by atoms with Crippen molar-refractivity contribution < 1.29 is 19.2 Å². The molecule has 0 spiro atoms. The summed E-state index contributed by atoms with van der Waals surface area (Å²) in [4.78, 5) is 46.8. The predicted molar refractivity (Wildman–Crippen MR) is 274 cm³/mol. The van der Waals surface area contributed by atoms with Crippen LogP contribution in [0.4, 0.5) is 17.1 Å². The first-order valence-corrected chi connectivity index (χ1v) is 23.7. The van der Waals surface area contributed by atoms with Crippen LogP contribution in [0.15, 0.2) is 151 Å². The molecule has 0 bridgehead atoms. The molecule has 0 aliphatic heterocycles. The molecule has 2 unspecified atom stereocenters. The number of ketones is 1. The summed E-state index contributed by atoms with van der Waals surface area (Å²) in [6, 6.07) is 48.0. The maximum absolute atomic E-state index is 15.4. The number of nitrogens with one attached hydrogen (secondary N) is 1. The third-order valence-electron chi connectivity index (χ3n) is 11.9. The van der Waals surface area contributed by atoms with Crippen molar-refractivity contribution in [3.63, 3.8) is 0 Å². The summed E-state index contributed by atoms with van der Waals surface area (Å²) in [6.07, 6.45) is 8.61. The van der Waals surface area contributed by atoms with Crippen LogP contribution in [0.3, 0.4) is 0 Å². The molecule has 0 saturated heterocycles. The highest BCUT2D eigenvalue weighted by molar-refractivity contribution is 6.15. The number of rotatable bonds is 21. The van der Waals surface area contributed by atoms with Gasteiger partial charge in [0, 0.05) is 59.0 Å². The zero-order chi connectivity index (χ0) is 47.4. The maximum Gasteiger partial charge on any atom is 0.332 e. The minimum Gasteiger partial charge on any atom is -0.338 e. The van der Waals surface area contributed by atoms with E-state index in [-0.39, 0.29) is 11.7 Å². The summed E-state index contributed by atoms with van der Waals surface area (Å²) in [5, 5.41) is 15.6. The van der Waals surface area contributed by atoms with Gasteiger partial charge in [-0.3, -0.25) is 10.2 Å². The lowest BCUT2D eigenvalue weighted by molar-refractivity contribution is -0.140. The second kappa shape index (κ2) is 25.7. The summed E-state index contributed by atoms with van der Waals surface area (Å²) < 4.78 is 0. The molecule has 0 heterocycles. The average Bonchev–Trinajstić information content (AvgIpc) is 3.33. The Hall–Kier alpha value is -6.67. The second-order valence-electron chi connectivity index (χ2n) is 17.2. The highest BCUT2D eigenvalue weighted by Gasteiger charge is 2.25. The Bertz CT molecular complexity index is 2530. The Labute approximate surface area is 393 Å². The van der Waals surface area contributed by atoms with Crippen molar-refractivity contribution in [1.29, 1.82) is 5.41 Å². The lowest BCUT2D eigenvalue weighted by atomic mass is 9.94. The molecule has 8 heteroatoms. The van der Waals surface area contributed by atoms with Crippen LogP contribution in [0.5, 0.6) is 0 Å². The standard InChI is InChI=1S/C55H62N4O3.C3H6O/c1-6-10-21-42(9-4)39-58(35-34-41(8-3)20-7-2)55(61)48-36-47(54(57-62-40(5)60)46-25-15-12-16-26-46)37-50(38-48)59(52-29-19-27-43-22-17-18-28-51(43)52)49-32-30-45(31-33-49)53(56)44-23-13-11-14-24-44;1-3(2)4/h11-19,22-33,36-38,41-42,56H,6-10,20-21,34-35,39H2,1-5H3;1-2H3/b56-53?,57-54-;. The first-order chi connectivity index (χ1) is 32.0. The molecule has 0 fully saturated rings. The Morgan fingerprint density at radius 2 is 1.18 bits per heavy atom. The number of oxime groups is 1. The van der Waals surface area contributed by atoms with Gasteiger partial charge in [0.2, 0.25) is 0 Å². The number of Topliss-reactive ketones (excluding diaryl/α,β-unsaturated/α-hetero) is 1. The number of carbonyl (C=O) groups is 3. The van der Waals surface area contributed by atoms with Crippen molar-refractivity contribution in [3.8, 4) is 0 Å². The zero-order valence-corrected chi connectivity index (χ0v) is 40.1. The molecule has 2 atom stereocenters. The van der Waals surface area contributed by atoms with Crippen molar-refractivity contribution in [3.05, 3.63) is 173 Å². The van der Waals surface area contributed by atoms with Gasteiger partial charge in [-0.1, -0.05) is 181 Å². The SMILES string of the molecule is CC(C)=O.CCCCC(CC)CN(CCC(CC)CCC)C(=O)c1cc(/C(=N\OC(C)=O)c2ccccc2)cc(N(c2ccc(C(=N)c3ccccc3)cc2)c2cccc3ccccc23)c1. The molecule has 66 heavy (non-hydrogen) atoms. The molecule has 0 saturated carbocycles. The number of hydrogen-bond acceptors (Lipinski definition) is 7. The fourth-order valence-corrected chi connectivity index (χ4v) is 8.34. The third-order valence-corrected chi connectivity index (χ3v) is 11.9. The number of anilines is 3. The fourth-order valence-electron chi connectivity index (χ4n) is 8.34. The molecule has 0 aromatic heterocycles. The number of nitrogens with zero attached hydrogens (tertiary/aromatic N) is 3. The Morgan fingerprint density at radius 3 is 1.80 bits per heavy atom. The number of unbranched alkanes of at least 4 members (excludes halogenated alkanes) is 1. The van der Waals surface area contributed by atoms with E-state index in [2.05, 4.69) is 73.0 Å². The minimum absolute atomic E-state index is 0.0289. The van der Waals surface area contributed by atoms with Crippen LogP contribution < -0.4 is 4.90 Å². The van der Waals surface area contributed by atoms with Crippen molar-refractivity contribution in [2.45, 2.75) is 99.8 Å². The van der Waals surface area contributed by atoms with E-state index in [4.69, 9.17) is 10.2 Å². The molecule has 1 amide bonds. The van der Waals surface area contributed by atoms with E-state index in [0.29, 0.717) is 47.5 Å². The normalized spacial score (nSPS) is 12.1. The van der Waals surface area contributed by atoms with Gasteiger partial charge in [-0.15, -0.1) is 0 Å². The molecule has 0 radical (unpaired) electrons. The summed E-state index contributed by atoms with van der Waals surface area (Å²) in [5.74, 6) is 0.532. The van der Waals surface area contributed by atoms with Gasteiger partial charge in [0.05, 0.1) is 11.4 Å². The van der Waals surface area contributed by atoms with Crippen LogP contribution in [-0.4, -0.2) is 47.1 Å². The molecular formula is C58H68N4O4. The number of fused-ring (bicyclic) bond motifs is 1. The van der Waals surface area contributed by atoms with Gasteiger partial charge < -0.3 is 19.4 Å². The zero-order valence-electron chi connectivity index (χ0n) is 40.1. The summed E-state index contributed by atoms with van der Waals surface area (Å²) in [6.45, 7) is 14.7. The quantitative estimate of drug-likeness (QED) is 0.0440. The predicted octanol–water partition coefficient (Wildman–Crippen LogP) is 14.5. The summed E-state index contributed by atoms with van der Waals surface area (Å²) in [5.41, 5.74) is 6.96. The van der Waals surface area contributed by atoms with Crippen LogP contribution in [-0.2, 0) is 14.4 Å². The van der Waals surface area contributed by atoms with Crippen molar-refractivity contribution in [2.75, 3.05) is 18.0 Å². The van der Waals surface area contributed by atoms with Gasteiger partial charge in [0.1, 0.15) is 11.5 Å². The number of amides is 1. The minimum atomic E-state index is -0.536. The summed E-state index contributed by atoms with van der Waals surface area (Å²) in [7, 11) is 0. The molecule has 344 valence electrons. The van der Waals surface area contributed by atoms with Gasteiger partial charge in [-0.2, -0.15) is 0 Å². The number of carbonyl (C=O) groups excluding carboxylic acids is 3. The fraction of sp³-hybridized carbons (Fsp3) is 0.328. The van der Waals surface area contributed by atoms with Gasteiger partial charge >= 0.3 is 5.97 Å². The van der Waals surface area contributed by atoms with Crippen molar-refractivity contribution in [2.24, 2.45) is 17.0 Å². The number of benzene rings is 6. The molecule has 6 aromatic rings. The molecule has 6 rings (SSSR count). The van der Waals surface area contributed by atoms with Crippen molar-refractivity contribution in [1.82, 2.24) is 4.90 Å². The van der Waals surface area contributed by atoms with Crippen LogP contribution >= 0.6 is 0 Å². The number of hydrogen-bond donors (Lipinski definition) is 1. The summed E-state index contributed by atoms with van der Waals surface area (Å²) >= 11 is 0. The van der Waals surface area contributed by atoms with E-state index in [9.17, 15) is 9.59 Å². The first kappa shape index (κ1) is 50.3. The Kier molecular flexibility index (Phi) is 19.6. The second-order valence-corrected chi connectivity index (χ2v) is 17.2. The van der Waals surface area contributed by atoms with E-state index in [1.807, 2.05) is 115 Å². The molecule has 1 N–H and O–H groups in total. The molecular weight excluding hydrogens is 817 g/mol. The van der Waals surface area contributed by atoms with Gasteiger partial charge in [0.15, 0.2) is 0 Å². The van der Waals surface area contributed by atoms with E-state index in [1.54, 1.807) is 0 Å². The van der Waals surface area contributed by atoms with Gasteiger partial charge in [-0.25, -0.2) is 4.79 Å². The van der Waals surface area contributed by atoms with Crippen LogP contribution in [0.25, 0.3) is 10.8 Å². The monoisotopic (exact) mass is 885 g/mol. The molecule has 0 aliphatic carbocycles.